The first-order valence-corrected chi connectivity index (χ1v) is 4.03. The summed E-state index contributed by atoms with van der Waals surface area (Å²) in [6.45, 7) is 0. The van der Waals surface area contributed by atoms with Crippen molar-refractivity contribution in [2.75, 3.05) is 5.73 Å². The van der Waals surface area contributed by atoms with E-state index in [1.54, 1.807) is 0 Å². The number of hydrogen-bond donors (Lipinski definition) is 2. The van der Waals surface area contributed by atoms with Gasteiger partial charge in [0.15, 0.2) is 0 Å². The smallest absolute Gasteiger partial charge is 0.307 e. The van der Waals surface area contributed by atoms with Crippen molar-refractivity contribution < 1.29 is 14.3 Å². The third-order valence-electron chi connectivity index (χ3n) is 1.61. The number of halogens is 1. The number of carbonyl (C=O) groups is 1. The monoisotopic (exact) mass is 195 g/mol. The summed E-state index contributed by atoms with van der Waals surface area (Å²) in [4.78, 5) is 10.2. The van der Waals surface area contributed by atoms with Crippen LogP contribution in [0.1, 0.15) is 12.0 Å². The molecule has 0 aliphatic rings. The highest BCUT2D eigenvalue weighted by atomic mass is 19.1. The highest BCUT2D eigenvalue weighted by molar-refractivity contribution is 5.70. The Balaban J connectivity index is 2.80. The molecule has 0 atom stereocenters. The van der Waals surface area contributed by atoms with Crippen molar-refractivity contribution in [2.24, 2.45) is 0 Å². The summed E-state index contributed by atoms with van der Waals surface area (Å²) in [6.07, 6.45) is 2.65. The number of nitrogens with two attached hydrogens (primary N) is 1. The van der Waals surface area contributed by atoms with Crippen molar-refractivity contribution in [3.63, 3.8) is 0 Å². The Morgan fingerprint density at radius 2 is 2.29 bits per heavy atom. The molecule has 0 bridgehead atoms. The lowest BCUT2D eigenvalue weighted by Crippen LogP contribution is -1.91. The number of aliphatic carboxylic acids is 1. The SMILES string of the molecule is Nc1ccc(F)c(C=CCC(=O)O)c1. The maximum atomic E-state index is 13.0. The highest BCUT2D eigenvalue weighted by Gasteiger charge is 1.98. The molecular weight excluding hydrogens is 185 g/mol. The zero-order chi connectivity index (χ0) is 10.6. The van der Waals surface area contributed by atoms with Crippen LogP contribution in [0, 0.1) is 5.82 Å². The number of nitrogen functional groups attached to an aromatic ring is 1. The molecule has 0 fully saturated rings. The van der Waals surface area contributed by atoms with Gasteiger partial charge in [-0.25, -0.2) is 4.39 Å². The van der Waals surface area contributed by atoms with Gasteiger partial charge in [-0.15, -0.1) is 0 Å². The minimum absolute atomic E-state index is 0.131. The standard InChI is InChI=1S/C10H10FNO2/c11-9-5-4-8(12)6-7(9)2-1-3-10(13)14/h1-2,4-6H,3,12H2,(H,13,14). The van der Waals surface area contributed by atoms with Crippen LogP contribution >= 0.6 is 0 Å². The first kappa shape index (κ1) is 10.2. The molecular formula is C10H10FNO2. The summed E-state index contributed by atoms with van der Waals surface area (Å²) in [5.41, 5.74) is 6.19. The Morgan fingerprint density at radius 1 is 1.57 bits per heavy atom. The number of rotatable bonds is 3. The van der Waals surface area contributed by atoms with Gasteiger partial charge in [0.05, 0.1) is 6.42 Å². The van der Waals surface area contributed by atoms with Crippen LogP contribution in [0.5, 0.6) is 0 Å². The molecule has 0 aliphatic carbocycles. The first-order valence-electron chi connectivity index (χ1n) is 4.03. The molecule has 0 aliphatic heterocycles. The molecule has 0 spiro atoms. The van der Waals surface area contributed by atoms with Crippen molar-refractivity contribution in [2.45, 2.75) is 6.42 Å². The zero-order valence-electron chi connectivity index (χ0n) is 7.40. The molecule has 1 aromatic carbocycles. The van der Waals surface area contributed by atoms with Crippen molar-refractivity contribution >= 4 is 17.7 Å². The largest absolute Gasteiger partial charge is 0.481 e. The number of benzene rings is 1. The maximum Gasteiger partial charge on any atom is 0.307 e. The van der Waals surface area contributed by atoms with Gasteiger partial charge in [-0.1, -0.05) is 12.2 Å². The van der Waals surface area contributed by atoms with Crippen LogP contribution in [0.2, 0.25) is 0 Å². The first-order chi connectivity index (χ1) is 6.59. The number of carboxylic acids is 1. The summed E-state index contributed by atoms with van der Waals surface area (Å²) >= 11 is 0. The van der Waals surface area contributed by atoms with Crippen molar-refractivity contribution in [3.8, 4) is 0 Å². The van der Waals surface area contributed by atoms with Gasteiger partial charge in [0.1, 0.15) is 5.82 Å². The van der Waals surface area contributed by atoms with Crippen molar-refractivity contribution in [1.82, 2.24) is 0 Å². The fourth-order valence-electron chi connectivity index (χ4n) is 0.977. The van der Waals surface area contributed by atoms with Crippen LogP contribution in [0.4, 0.5) is 10.1 Å². The van der Waals surface area contributed by atoms with Crippen LogP contribution in [0.15, 0.2) is 24.3 Å². The zero-order valence-corrected chi connectivity index (χ0v) is 7.40. The van der Waals surface area contributed by atoms with Gasteiger partial charge in [-0.3, -0.25) is 4.79 Å². The molecule has 0 aromatic heterocycles. The van der Waals surface area contributed by atoms with E-state index in [9.17, 15) is 9.18 Å². The molecule has 0 radical (unpaired) electrons. The molecule has 1 rings (SSSR count). The molecule has 0 saturated heterocycles. The number of hydrogen-bond acceptors (Lipinski definition) is 2. The van der Waals surface area contributed by atoms with Gasteiger partial charge in [0.25, 0.3) is 0 Å². The fraction of sp³-hybridized carbons (Fsp3) is 0.100. The van der Waals surface area contributed by atoms with Crippen molar-refractivity contribution in [3.05, 3.63) is 35.7 Å². The highest BCUT2D eigenvalue weighted by Crippen LogP contribution is 2.13. The Bertz CT molecular complexity index is 374. The van der Waals surface area contributed by atoms with Crippen LogP contribution in [-0.4, -0.2) is 11.1 Å². The van der Waals surface area contributed by atoms with E-state index in [1.807, 2.05) is 0 Å². The van der Waals surface area contributed by atoms with E-state index in [0.717, 1.165) is 0 Å². The van der Waals surface area contributed by atoms with E-state index in [-0.39, 0.29) is 6.42 Å². The summed E-state index contributed by atoms with van der Waals surface area (Å²) in [7, 11) is 0. The minimum atomic E-state index is -0.953. The predicted molar refractivity (Wildman–Crippen MR) is 52.1 cm³/mol. The fourth-order valence-corrected chi connectivity index (χ4v) is 0.977. The summed E-state index contributed by atoms with van der Waals surface area (Å²) < 4.78 is 13.0. The number of carboxylic acid groups (broad SMARTS) is 1. The molecule has 4 heteroatoms. The van der Waals surface area contributed by atoms with Crippen molar-refractivity contribution in [1.29, 1.82) is 0 Å². The molecule has 3 N–H and O–H groups in total. The lowest BCUT2D eigenvalue weighted by molar-refractivity contribution is -0.135. The third-order valence-corrected chi connectivity index (χ3v) is 1.61. The minimum Gasteiger partial charge on any atom is -0.481 e. The quantitative estimate of drug-likeness (QED) is 0.724. The summed E-state index contributed by atoms with van der Waals surface area (Å²) in [5.74, 6) is -1.37. The van der Waals surface area contributed by atoms with Crippen LogP contribution < -0.4 is 5.73 Å². The number of anilines is 1. The summed E-state index contributed by atoms with van der Waals surface area (Å²) in [6, 6.07) is 4.15. The molecule has 0 amide bonds. The lowest BCUT2D eigenvalue weighted by Gasteiger charge is -1.97. The van der Waals surface area contributed by atoms with Gasteiger partial charge < -0.3 is 10.8 Å². The average Bonchev–Trinajstić information content (AvgIpc) is 2.10. The van der Waals surface area contributed by atoms with Gasteiger partial charge >= 0.3 is 5.97 Å². The van der Waals surface area contributed by atoms with E-state index in [1.165, 1.54) is 30.4 Å². The van der Waals surface area contributed by atoms with E-state index in [0.29, 0.717) is 11.3 Å². The molecule has 1 aromatic rings. The third kappa shape index (κ3) is 2.90. The topological polar surface area (TPSA) is 63.3 Å². The van der Waals surface area contributed by atoms with E-state index in [4.69, 9.17) is 10.8 Å². The van der Waals surface area contributed by atoms with Crippen LogP contribution in [0.3, 0.4) is 0 Å². The van der Waals surface area contributed by atoms with Gasteiger partial charge in [-0.2, -0.15) is 0 Å². The second kappa shape index (κ2) is 4.41. The van der Waals surface area contributed by atoms with E-state index < -0.39 is 11.8 Å². The maximum absolute atomic E-state index is 13.0. The Kier molecular flexibility index (Phi) is 3.23. The van der Waals surface area contributed by atoms with Crippen LogP contribution in [-0.2, 0) is 4.79 Å². The Labute approximate surface area is 80.7 Å². The van der Waals surface area contributed by atoms with Gasteiger partial charge in [0.2, 0.25) is 0 Å². The Morgan fingerprint density at radius 3 is 2.93 bits per heavy atom. The van der Waals surface area contributed by atoms with Crippen LogP contribution in [0.25, 0.3) is 6.08 Å². The predicted octanol–water partition coefficient (Wildman–Crippen LogP) is 1.90. The summed E-state index contributed by atoms with van der Waals surface area (Å²) in [5, 5.41) is 8.35. The molecule has 3 nitrogen and oxygen atoms in total. The second-order valence-electron chi connectivity index (χ2n) is 2.78. The van der Waals surface area contributed by atoms with E-state index in [2.05, 4.69) is 0 Å². The lowest BCUT2D eigenvalue weighted by atomic mass is 10.1. The normalized spacial score (nSPS) is 10.6. The Hall–Kier alpha value is -1.84. The average molecular weight is 195 g/mol. The van der Waals surface area contributed by atoms with Gasteiger partial charge in [-0.05, 0) is 18.2 Å². The molecule has 74 valence electrons. The molecule has 14 heavy (non-hydrogen) atoms. The second-order valence-corrected chi connectivity index (χ2v) is 2.78. The van der Waals surface area contributed by atoms with Gasteiger partial charge in [0, 0.05) is 11.3 Å². The van der Waals surface area contributed by atoms with E-state index >= 15 is 0 Å². The molecule has 0 heterocycles. The molecule has 0 unspecified atom stereocenters. The molecule has 0 saturated carbocycles.